The van der Waals surface area contributed by atoms with Crippen molar-refractivity contribution in [1.29, 1.82) is 0 Å². The van der Waals surface area contributed by atoms with E-state index in [2.05, 4.69) is 15.2 Å². The van der Waals surface area contributed by atoms with Crippen LogP contribution in [0.25, 0.3) is 0 Å². The van der Waals surface area contributed by atoms with E-state index in [1.165, 1.54) is 19.3 Å². The van der Waals surface area contributed by atoms with Gasteiger partial charge in [-0.05, 0) is 93.5 Å². The van der Waals surface area contributed by atoms with Gasteiger partial charge in [-0.1, -0.05) is 50.6 Å². The minimum absolute atomic E-state index is 0.0447. The van der Waals surface area contributed by atoms with Gasteiger partial charge in [0.2, 0.25) is 5.91 Å². The van der Waals surface area contributed by atoms with Gasteiger partial charge in [-0.25, -0.2) is 0 Å². The van der Waals surface area contributed by atoms with Crippen molar-refractivity contribution < 1.29 is 14.7 Å². The smallest absolute Gasteiger partial charge is 0.245 e. The number of aliphatic imine (C=N–C) groups is 1. The third-order valence-corrected chi connectivity index (χ3v) is 9.92. The first-order valence-corrected chi connectivity index (χ1v) is 14.2. The number of ketones is 1. The predicted octanol–water partition coefficient (Wildman–Crippen LogP) is 3.90. The minimum Gasteiger partial charge on any atom is -0.861 e. The number of carbonyl (C=O) groups excluding carboxylic acids is 2. The summed E-state index contributed by atoms with van der Waals surface area (Å²) in [7, 11) is 0. The lowest BCUT2D eigenvalue weighted by molar-refractivity contribution is -0.224. The first-order valence-electron chi connectivity index (χ1n) is 14.2. The van der Waals surface area contributed by atoms with Gasteiger partial charge >= 0.3 is 0 Å². The summed E-state index contributed by atoms with van der Waals surface area (Å²) in [6, 6.07) is 8.58. The van der Waals surface area contributed by atoms with Crippen LogP contribution in [-0.2, 0) is 9.59 Å². The third kappa shape index (κ3) is 4.73. The number of amides is 1. The molecule has 6 nitrogen and oxygen atoms in total. The van der Waals surface area contributed by atoms with Gasteiger partial charge in [-0.3, -0.25) is 19.5 Å². The SMILES string of the molecule is CCC(C)[C@H](N=C([O-])[C@@H]1CCCN1CC(=O)C12CC3CC(CC1C3)C2)C(=O)N[C@H](C)c1ccccc1. The zero-order chi connectivity index (χ0) is 25.4. The third-order valence-electron chi connectivity index (χ3n) is 9.92. The van der Waals surface area contributed by atoms with Gasteiger partial charge in [0.05, 0.1) is 12.6 Å². The number of rotatable bonds is 10. The Morgan fingerprint density at radius 1 is 1.14 bits per heavy atom. The van der Waals surface area contributed by atoms with E-state index in [0.29, 0.717) is 24.7 Å². The molecule has 36 heavy (non-hydrogen) atoms. The van der Waals surface area contributed by atoms with Gasteiger partial charge in [0.1, 0.15) is 6.04 Å². The number of nitrogens with zero attached hydrogens (tertiary/aromatic N) is 2. The maximum absolute atomic E-state index is 13.6. The zero-order valence-corrected chi connectivity index (χ0v) is 22.1. The maximum Gasteiger partial charge on any atom is 0.245 e. The number of hydrogen-bond acceptors (Lipinski definition) is 5. The van der Waals surface area contributed by atoms with E-state index in [9.17, 15) is 14.7 Å². The fraction of sp³-hybridized carbons (Fsp3) is 0.700. The van der Waals surface area contributed by atoms with Gasteiger partial charge in [0, 0.05) is 11.5 Å². The highest BCUT2D eigenvalue weighted by molar-refractivity contribution is 5.90. The molecule has 4 bridgehead atoms. The van der Waals surface area contributed by atoms with Crippen molar-refractivity contribution in [2.24, 2.45) is 34.1 Å². The summed E-state index contributed by atoms with van der Waals surface area (Å²) >= 11 is 0. The highest BCUT2D eigenvalue weighted by Gasteiger charge is 2.61. The van der Waals surface area contributed by atoms with E-state index < -0.39 is 6.04 Å². The molecule has 0 radical (unpaired) electrons. The molecule has 6 atom stereocenters. The second-order valence-corrected chi connectivity index (χ2v) is 12.2. The fourth-order valence-corrected chi connectivity index (χ4v) is 7.90. The Labute approximate surface area is 215 Å². The molecule has 6 rings (SSSR count). The predicted molar refractivity (Wildman–Crippen MR) is 139 cm³/mol. The molecule has 1 amide bonds. The number of benzene rings is 1. The lowest BCUT2D eigenvalue weighted by atomic mass is 9.72. The average molecular weight is 493 g/mol. The van der Waals surface area contributed by atoms with Crippen LogP contribution in [0.4, 0.5) is 0 Å². The molecule has 1 aliphatic heterocycles. The summed E-state index contributed by atoms with van der Waals surface area (Å²) in [5, 5.41) is 16.5. The van der Waals surface area contributed by atoms with Crippen LogP contribution in [0.2, 0.25) is 0 Å². The molecule has 0 spiro atoms. The van der Waals surface area contributed by atoms with Gasteiger partial charge < -0.3 is 10.4 Å². The highest BCUT2D eigenvalue weighted by Crippen LogP contribution is 2.65. The fourth-order valence-electron chi connectivity index (χ4n) is 7.90. The molecule has 4 saturated carbocycles. The molecule has 5 aliphatic rings. The van der Waals surface area contributed by atoms with E-state index in [1.54, 1.807) is 0 Å². The molecule has 5 fully saturated rings. The first-order chi connectivity index (χ1) is 17.3. The van der Waals surface area contributed by atoms with Crippen LogP contribution in [0.5, 0.6) is 0 Å². The van der Waals surface area contributed by atoms with Crippen LogP contribution in [0.1, 0.15) is 83.7 Å². The Kier molecular flexibility index (Phi) is 7.26. The van der Waals surface area contributed by atoms with Crippen molar-refractivity contribution in [2.75, 3.05) is 13.1 Å². The molecular weight excluding hydrogens is 450 g/mol. The van der Waals surface area contributed by atoms with Crippen LogP contribution in [0.3, 0.4) is 0 Å². The summed E-state index contributed by atoms with van der Waals surface area (Å²) < 4.78 is 0. The number of likely N-dealkylation sites (tertiary alicyclic amines) is 1. The molecule has 4 aliphatic carbocycles. The highest BCUT2D eigenvalue weighted by atomic mass is 16.3. The lowest BCUT2D eigenvalue weighted by Gasteiger charge is -2.35. The van der Waals surface area contributed by atoms with Crippen molar-refractivity contribution >= 4 is 17.6 Å². The quantitative estimate of drug-likeness (QED) is 0.397. The van der Waals surface area contributed by atoms with Crippen molar-refractivity contribution in [3.05, 3.63) is 35.9 Å². The Hall–Kier alpha value is -2.21. The van der Waals surface area contributed by atoms with Crippen LogP contribution in [0.15, 0.2) is 35.3 Å². The van der Waals surface area contributed by atoms with E-state index in [1.807, 2.05) is 51.1 Å². The van der Waals surface area contributed by atoms with Crippen LogP contribution < -0.4 is 10.4 Å². The second-order valence-electron chi connectivity index (χ2n) is 12.2. The molecule has 1 heterocycles. The Morgan fingerprint density at radius 3 is 2.50 bits per heavy atom. The largest absolute Gasteiger partial charge is 0.861 e. The second kappa shape index (κ2) is 10.3. The van der Waals surface area contributed by atoms with E-state index in [-0.39, 0.29) is 35.2 Å². The van der Waals surface area contributed by atoms with E-state index >= 15 is 0 Å². The standard InChI is InChI=1S/C30H43N3O3/c1-4-19(2)27(29(36)31-20(3)23-9-6-5-7-10-23)32-28(35)25-11-8-12-33(25)18-26(34)30-16-21-13-22(17-30)15-24(30)14-21/h5-7,9-10,19-22,24-25,27H,4,8,11-18H2,1-3H3,(H,31,36)(H,32,35)/p-1/t19?,20-,21?,22?,24?,25+,27+,30?/m1/s1. The molecule has 1 N–H and O–H groups in total. The first kappa shape index (κ1) is 25.4. The summed E-state index contributed by atoms with van der Waals surface area (Å²) in [6.07, 6.45) is 8.28. The zero-order valence-electron chi connectivity index (χ0n) is 22.1. The van der Waals surface area contributed by atoms with Gasteiger partial charge in [-0.2, -0.15) is 0 Å². The van der Waals surface area contributed by atoms with Gasteiger partial charge in [-0.15, -0.1) is 0 Å². The topological polar surface area (TPSA) is 84.8 Å². The Morgan fingerprint density at radius 2 is 1.83 bits per heavy atom. The van der Waals surface area contributed by atoms with Crippen molar-refractivity contribution in [2.45, 2.75) is 90.3 Å². The van der Waals surface area contributed by atoms with Crippen LogP contribution in [-0.4, -0.2) is 47.7 Å². The summed E-state index contributed by atoms with van der Waals surface area (Å²) in [5.74, 6) is 1.94. The van der Waals surface area contributed by atoms with Crippen LogP contribution >= 0.6 is 0 Å². The molecule has 1 aromatic carbocycles. The molecule has 0 aromatic heterocycles. The Bertz CT molecular complexity index is 978. The molecule has 3 unspecified atom stereocenters. The number of Topliss-reactive ketones (excluding diaryl/α,β-unsaturated/α-hetero) is 1. The molecule has 6 heteroatoms. The average Bonchev–Trinajstić information content (AvgIpc) is 3.51. The minimum atomic E-state index is -0.716. The van der Waals surface area contributed by atoms with Crippen molar-refractivity contribution in [3.63, 3.8) is 0 Å². The maximum atomic E-state index is 13.6. The van der Waals surface area contributed by atoms with Crippen molar-refractivity contribution in [3.8, 4) is 0 Å². The molecule has 1 aromatic rings. The summed E-state index contributed by atoms with van der Waals surface area (Å²) in [6.45, 7) is 7.09. The summed E-state index contributed by atoms with van der Waals surface area (Å²) in [4.78, 5) is 33.5. The number of carbonyl (C=O) groups is 2. The molecule has 196 valence electrons. The number of hydrogen-bond donors (Lipinski definition) is 1. The molecular formula is C30H42N3O3-. The summed E-state index contributed by atoms with van der Waals surface area (Å²) in [5.41, 5.74) is 0.905. The van der Waals surface area contributed by atoms with Gasteiger partial charge in [0.15, 0.2) is 5.78 Å². The monoisotopic (exact) mass is 492 g/mol. The van der Waals surface area contributed by atoms with Crippen LogP contribution in [0, 0.1) is 29.1 Å². The number of nitrogens with one attached hydrogen (secondary N) is 1. The van der Waals surface area contributed by atoms with Crippen molar-refractivity contribution in [1.82, 2.24) is 10.2 Å². The Balaban J connectivity index is 1.27. The lowest BCUT2D eigenvalue weighted by Crippen LogP contribution is -2.49. The normalized spacial score (nSPS) is 34.0. The van der Waals surface area contributed by atoms with Gasteiger partial charge in [0.25, 0.3) is 0 Å². The van der Waals surface area contributed by atoms with E-state index in [0.717, 1.165) is 49.6 Å². The molecule has 1 saturated heterocycles. The van der Waals surface area contributed by atoms with E-state index in [4.69, 9.17) is 0 Å².